The Labute approximate surface area is 97.0 Å². The van der Waals surface area contributed by atoms with E-state index in [1.165, 1.54) is 0 Å². The Morgan fingerprint density at radius 1 is 1.69 bits per heavy atom. The molecular weight excluding hydrogens is 318 g/mol. The molecule has 68 valence electrons. The average molecular weight is 323 g/mol. The minimum Gasteiger partial charge on any atom is -0.340 e. The zero-order chi connectivity index (χ0) is 9.68. The molecule has 5 heteroatoms. The first-order valence-corrected chi connectivity index (χ1v) is 5.82. The fourth-order valence-corrected chi connectivity index (χ4v) is 2.31. The van der Waals surface area contributed by atoms with Crippen molar-refractivity contribution < 1.29 is 4.79 Å². The summed E-state index contributed by atoms with van der Waals surface area (Å²) >= 11 is 7.81. The van der Waals surface area contributed by atoms with E-state index in [4.69, 9.17) is 0 Å². The molecule has 0 unspecified atom stereocenters. The van der Waals surface area contributed by atoms with Crippen molar-refractivity contribution in [2.24, 2.45) is 0 Å². The molecule has 0 radical (unpaired) electrons. The predicted molar refractivity (Wildman–Crippen MR) is 60.6 cm³/mol. The molecule has 0 spiro atoms. The summed E-state index contributed by atoms with van der Waals surface area (Å²) in [5.74, 6) is 2.05. The topological polar surface area (TPSA) is 29.1 Å². The van der Waals surface area contributed by atoms with Gasteiger partial charge >= 0.3 is 0 Å². The van der Waals surface area contributed by atoms with E-state index in [-0.39, 0.29) is 5.91 Å². The highest BCUT2D eigenvalue weighted by molar-refractivity contribution is 9.12. The molecule has 1 aromatic rings. The molecule has 0 aliphatic carbocycles. The Hall–Kier alpha value is -0.310. The molecule has 2 nitrogen and oxygen atoms in total. The van der Waals surface area contributed by atoms with Crippen LogP contribution in [0, 0.1) is 10.8 Å². The third-order valence-corrected chi connectivity index (χ3v) is 3.39. The van der Waals surface area contributed by atoms with Crippen molar-refractivity contribution in [1.29, 1.82) is 0 Å². The Kier molecular flexibility index (Phi) is 4.50. The van der Waals surface area contributed by atoms with Gasteiger partial charge in [-0.25, -0.2) is 0 Å². The maximum atomic E-state index is 10.9. The van der Waals surface area contributed by atoms with Crippen molar-refractivity contribution in [3.8, 4) is 10.8 Å². The lowest BCUT2D eigenvalue weighted by atomic mass is 10.4. The number of hydrogen-bond acceptors (Lipinski definition) is 2. The minimum absolute atomic E-state index is 0.280. The van der Waals surface area contributed by atoms with E-state index in [1.54, 1.807) is 11.3 Å². The van der Waals surface area contributed by atoms with Crippen LogP contribution in [0.3, 0.4) is 0 Å². The highest BCUT2D eigenvalue weighted by Crippen LogP contribution is 2.21. The van der Waals surface area contributed by atoms with Crippen molar-refractivity contribution in [1.82, 2.24) is 5.32 Å². The minimum atomic E-state index is -0.280. The molecule has 1 N–H and O–H groups in total. The van der Waals surface area contributed by atoms with E-state index in [2.05, 4.69) is 47.9 Å². The van der Waals surface area contributed by atoms with Gasteiger partial charge in [0, 0.05) is 31.2 Å². The van der Waals surface area contributed by atoms with Crippen LogP contribution in [0.2, 0.25) is 0 Å². The van der Waals surface area contributed by atoms with Crippen LogP contribution in [-0.2, 0) is 11.3 Å². The fraction of sp³-hybridized carbons (Fsp3) is 0.125. The maximum absolute atomic E-state index is 10.9. The monoisotopic (exact) mass is 321 g/mol. The van der Waals surface area contributed by atoms with Gasteiger partial charge in [-0.2, -0.15) is 0 Å². The number of carbonyl (C=O) groups excluding carboxylic acids is 1. The van der Waals surface area contributed by atoms with Gasteiger partial charge in [0.2, 0.25) is 0 Å². The summed E-state index contributed by atoms with van der Waals surface area (Å²) in [7, 11) is 0. The van der Waals surface area contributed by atoms with Gasteiger partial charge in [0.15, 0.2) is 0 Å². The van der Waals surface area contributed by atoms with Gasteiger partial charge < -0.3 is 5.32 Å². The summed E-state index contributed by atoms with van der Waals surface area (Å²) in [5.41, 5.74) is 0. The molecule has 0 saturated heterocycles. The molecule has 0 saturated carbocycles. The molecular formula is C8H5Br2NOS. The Balaban J connectivity index is 2.47. The smallest absolute Gasteiger partial charge is 0.297 e. The zero-order valence-electron chi connectivity index (χ0n) is 6.43. The maximum Gasteiger partial charge on any atom is 0.297 e. The van der Waals surface area contributed by atoms with Gasteiger partial charge in [0.25, 0.3) is 5.91 Å². The third-order valence-electron chi connectivity index (χ3n) is 1.26. The fourth-order valence-electron chi connectivity index (χ4n) is 0.699. The summed E-state index contributed by atoms with van der Waals surface area (Å²) in [5, 5.41) is 4.62. The van der Waals surface area contributed by atoms with Crippen LogP contribution in [0.1, 0.15) is 4.88 Å². The second-order valence-electron chi connectivity index (χ2n) is 2.09. The Morgan fingerprint density at radius 3 is 3.00 bits per heavy atom. The first-order chi connectivity index (χ1) is 6.24. The molecule has 0 bridgehead atoms. The van der Waals surface area contributed by atoms with E-state index in [9.17, 15) is 4.79 Å². The SMILES string of the molecule is O=C(C#CBr)NCc1sccc1Br. The second-order valence-corrected chi connectivity index (χ2v) is 4.35. The highest BCUT2D eigenvalue weighted by Gasteiger charge is 2.01. The summed E-state index contributed by atoms with van der Waals surface area (Å²) in [4.78, 5) is 14.4. The Morgan fingerprint density at radius 2 is 2.46 bits per heavy atom. The van der Waals surface area contributed by atoms with Gasteiger partial charge in [-0.3, -0.25) is 4.79 Å². The van der Waals surface area contributed by atoms with Gasteiger partial charge in [-0.15, -0.1) is 11.3 Å². The molecule has 0 atom stereocenters. The zero-order valence-corrected chi connectivity index (χ0v) is 10.4. The van der Waals surface area contributed by atoms with Crippen molar-refractivity contribution in [3.63, 3.8) is 0 Å². The first-order valence-electron chi connectivity index (χ1n) is 3.35. The van der Waals surface area contributed by atoms with E-state index < -0.39 is 0 Å². The Bertz CT molecular complexity index is 364. The van der Waals surface area contributed by atoms with Crippen LogP contribution >= 0.6 is 43.2 Å². The van der Waals surface area contributed by atoms with Crippen LogP contribution in [0.25, 0.3) is 0 Å². The number of nitrogens with one attached hydrogen (secondary N) is 1. The molecule has 13 heavy (non-hydrogen) atoms. The number of rotatable bonds is 2. The number of halogens is 2. The normalized spacial score (nSPS) is 8.77. The van der Waals surface area contributed by atoms with Crippen molar-refractivity contribution in [2.45, 2.75) is 6.54 Å². The van der Waals surface area contributed by atoms with Gasteiger partial charge in [0.05, 0.1) is 6.54 Å². The van der Waals surface area contributed by atoms with Crippen molar-refractivity contribution in [2.75, 3.05) is 0 Å². The number of thiophene rings is 1. The number of hydrogen-bond donors (Lipinski definition) is 1. The summed E-state index contributed by atoms with van der Waals surface area (Å²) in [6, 6.07) is 1.95. The lowest BCUT2D eigenvalue weighted by molar-refractivity contribution is -0.115. The lowest BCUT2D eigenvalue weighted by Gasteiger charge is -1.97. The molecule has 1 aromatic heterocycles. The summed E-state index contributed by atoms with van der Waals surface area (Å²) in [6.07, 6.45) is 0. The van der Waals surface area contributed by atoms with Crippen LogP contribution in [0.5, 0.6) is 0 Å². The molecule has 0 fully saturated rings. The van der Waals surface area contributed by atoms with E-state index in [0.29, 0.717) is 6.54 Å². The molecule has 1 amide bonds. The number of carbonyl (C=O) groups is 1. The molecule has 0 aliphatic heterocycles. The molecule has 0 aliphatic rings. The highest BCUT2D eigenvalue weighted by atomic mass is 79.9. The second kappa shape index (κ2) is 5.43. The third kappa shape index (κ3) is 3.51. The first kappa shape index (κ1) is 10.8. The predicted octanol–water partition coefficient (Wildman–Crippen LogP) is 2.48. The largest absolute Gasteiger partial charge is 0.340 e. The van der Waals surface area contributed by atoms with Crippen LogP contribution in [0.15, 0.2) is 15.9 Å². The number of amides is 1. The van der Waals surface area contributed by atoms with Crippen LogP contribution in [0.4, 0.5) is 0 Å². The van der Waals surface area contributed by atoms with E-state index in [1.807, 2.05) is 11.4 Å². The summed E-state index contributed by atoms with van der Waals surface area (Å²) in [6.45, 7) is 0.513. The average Bonchev–Trinajstić information content (AvgIpc) is 2.48. The van der Waals surface area contributed by atoms with Gasteiger partial charge in [0.1, 0.15) is 0 Å². The van der Waals surface area contributed by atoms with Crippen LogP contribution < -0.4 is 5.32 Å². The lowest BCUT2D eigenvalue weighted by Crippen LogP contribution is -2.20. The molecule has 1 heterocycles. The van der Waals surface area contributed by atoms with Crippen molar-refractivity contribution in [3.05, 3.63) is 20.8 Å². The van der Waals surface area contributed by atoms with Crippen LogP contribution in [-0.4, -0.2) is 5.91 Å². The molecule has 1 rings (SSSR count). The molecule has 0 aromatic carbocycles. The summed E-state index contributed by atoms with van der Waals surface area (Å²) < 4.78 is 1.02. The van der Waals surface area contributed by atoms with Crippen molar-refractivity contribution >= 4 is 49.1 Å². The van der Waals surface area contributed by atoms with Gasteiger partial charge in [-0.05, 0) is 32.2 Å². The standard InChI is InChI=1S/C8H5Br2NOS/c9-3-1-8(12)11-5-7-6(10)2-4-13-7/h2,4H,5H2,(H,11,12). The quantitative estimate of drug-likeness (QED) is 0.833. The van der Waals surface area contributed by atoms with Gasteiger partial charge in [-0.1, -0.05) is 0 Å². The van der Waals surface area contributed by atoms with E-state index in [0.717, 1.165) is 9.35 Å². The van der Waals surface area contributed by atoms with E-state index >= 15 is 0 Å².